The number of hydrogen-bond acceptors (Lipinski definition) is 2. The van der Waals surface area contributed by atoms with E-state index in [9.17, 15) is 9.59 Å². The summed E-state index contributed by atoms with van der Waals surface area (Å²) < 4.78 is 0. The highest BCUT2D eigenvalue weighted by molar-refractivity contribution is 5.91. The predicted octanol–water partition coefficient (Wildman–Crippen LogP) is 6.19. The topological polar surface area (TPSA) is 82.3 Å². The fourth-order valence-electron chi connectivity index (χ4n) is 6.38. The monoisotopic (exact) mass is 488 g/mol. The van der Waals surface area contributed by atoms with Crippen LogP contribution < -0.4 is 21.3 Å². The molecule has 0 aromatic heterocycles. The third-order valence-corrected chi connectivity index (χ3v) is 8.28. The molecule has 2 aromatic carbocycles. The Hall–Kier alpha value is -3.02. The Kier molecular flexibility index (Phi) is 8.09. The number of fused-ring (bicyclic) bond motifs is 2. The van der Waals surface area contributed by atoms with E-state index in [-0.39, 0.29) is 12.1 Å². The minimum atomic E-state index is -0.111. The van der Waals surface area contributed by atoms with Crippen molar-refractivity contribution in [1.82, 2.24) is 10.6 Å². The van der Waals surface area contributed by atoms with Gasteiger partial charge in [-0.15, -0.1) is 0 Å². The lowest BCUT2D eigenvalue weighted by Gasteiger charge is -2.29. The van der Waals surface area contributed by atoms with Crippen LogP contribution in [0.5, 0.6) is 0 Å². The molecule has 36 heavy (non-hydrogen) atoms. The van der Waals surface area contributed by atoms with Gasteiger partial charge in [-0.1, -0.05) is 30.7 Å². The summed E-state index contributed by atoms with van der Waals surface area (Å²) in [6.07, 6.45) is 13.6. The molecule has 0 heterocycles. The molecule has 3 aliphatic rings. The van der Waals surface area contributed by atoms with Crippen molar-refractivity contribution >= 4 is 23.4 Å². The van der Waals surface area contributed by atoms with Crippen LogP contribution in [-0.4, -0.2) is 25.2 Å². The Labute approximate surface area is 215 Å². The molecule has 192 valence electrons. The first-order chi connectivity index (χ1) is 17.7. The highest BCUT2D eigenvalue weighted by Gasteiger charge is 2.23. The number of aryl methyl sites for hydroxylation is 2. The Bertz CT molecular complexity index is 999. The first-order valence-corrected chi connectivity index (χ1v) is 14.0. The van der Waals surface area contributed by atoms with E-state index in [1.165, 1.54) is 47.9 Å². The van der Waals surface area contributed by atoms with Crippen LogP contribution >= 0.6 is 0 Å². The molecule has 6 heteroatoms. The van der Waals surface area contributed by atoms with Gasteiger partial charge in [-0.25, -0.2) is 9.59 Å². The number of hydrogen-bond donors (Lipinski definition) is 4. The number of urea groups is 2. The molecular weight excluding hydrogens is 448 g/mol. The molecule has 0 radical (unpaired) electrons. The summed E-state index contributed by atoms with van der Waals surface area (Å²) in [6.45, 7) is 1.36. The van der Waals surface area contributed by atoms with Crippen molar-refractivity contribution in [2.45, 2.75) is 77.0 Å². The molecule has 2 unspecified atom stereocenters. The molecule has 0 bridgehead atoms. The maximum atomic E-state index is 12.6. The summed E-state index contributed by atoms with van der Waals surface area (Å²) >= 11 is 0. The van der Waals surface area contributed by atoms with Gasteiger partial charge in [0.25, 0.3) is 0 Å². The molecule has 5 rings (SSSR count). The largest absolute Gasteiger partial charge is 0.338 e. The van der Waals surface area contributed by atoms with E-state index in [4.69, 9.17) is 0 Å². The molecular formula is C30H40N4O2. The third kappa shape index (κ3) is 6.21. The van der Waals surface area contributed by atoms with Gasteiger partial charge in [0.15, 0.2) is 0 Å². The molecule has 2 aromatic rings. The van der Waals surface area contributed by atoms with Crippen molar-refractivity contribution in [2.75, 3.05) is 23.7 Å². The first-order valence-electron chi connectivity index (χ1n) is 14.0. The summed E-state index contributed by atoms with van der Waals surface area (Å²) in [5, 5.41) is 12.4. The van der Waals surface area contributed by atoms with Crippen LogP contribution in [0.2, 0.25) is 0 Å². The van der Waals surface area contributed by atoms with Gasteiger partial charge in [-0.3, -0.25) is 0 Å². The van der Waals surface area contributed by atoms with Crippen LogP contribution in [0, 0.1) is 11.8 Å². The number of nitrogens with one attached hydrogen (secondary N) is 4. The molecule has 2 atom stereocenters. The van der Waals surface area contributed by atoms with Crippen molar-refractivity contribution in [1.29, 1.82) is 0 Å². The Morgan fingerprint density at radius 3 is 1.61 bits per heavy atom. The fraction of sp³-hybridized carbons (Fsp3) is 0.533. The summed E-state index contributed by atoms with van der Waals surface area (Å²) in [6, 6.07) is 12.3. The Morgan fingerprint density at radius 2 is 1.11 bits per heavy atom. The lowest BCUT2D eigenvalue weighted by atomic mass is 9.81. The Balaban J connectivity index is 1.05. The molecule has 3 aliphatic carbocycles. The average molecular weight is 489 g/mol. The van der Waals surface area contributed by atoms with Crippen molar-refractivity contribution in [2.24, 2.45) is 11.8 Å². The van der Waals surface area contributed by atoms with Gasteiger partial charge in [-0.05, 0) is 117 Å². The van der Waals surface area contributed by atoms with E-state index in [0.717, 1.165) is 62.7 Å². The summed E-state index contributed by atoms with van der Waals surface area (Å²) in [5.74, 6) is 0.899. The molecule has 6 nitrogen and oxygen atoms in total. The third-order valence-electron chi connectivity index (χ3n) is 8.28. The average Bonchev–Trinajstić information content (AvgIpc) is 2.91. The van der Waals surface area contributed by atoms with E-state index >= 15 is 0 Å². The standard InChI is InChI=1S/C30H40N4O2/c35-29(33-27-16-6-12-23-10-1-3-14-25(23)27)31-19-21-8-5-9-22(18-21)20-32-30(36)34-28-17-7-13-24-11-2-4-15-26(24)28/h6-7,12-13,16-17,21-22H,1-5,8-11,14-15,18-20H2,(H2,31,33,35)(H2,32,34,36). The maximum absolute atomic E-state index is 12.6. The second-order valence-corrected chi connectivity index (χ2v) is 10.9. The SMILES string of the molecule is O=C(NCC1CCCC(CNC(=O)Nc2cccc3c2CCCC3)C1)Nc1cccc2c1CCCC2. The number of carbonyl (C=O) groups excluding carboxylic acids is 2. The quantitative estimate of drug-likeness (QED) is 0.391. The van der Waals surface area contributed by atoms with Gasteiger partial charge in [0.1, 0.15) is 0 Å². The van der Waals surface area contributed by atoms with Crippen LogP contribution in [0.1, 0.15) is 73.6 Å². The predicted molar refractivity (Wildman–Crippen MR) is 146 cm³/mol. The van der Waals surface area contributed by atoms with Gasteiger partial charge in [-0.2, -0.15) is 0 Å². The molecule has 4 N–H and O–H groups in total. The lowest BCUT2D eigenvalue weighted by molar-refractivity contribution is 0.230. The second kappa shape index (κ2) is 11.8. The van der Waals surface area contributed by atoms with Crippen LogP contribution in [-0.2, 0) is 25.7 Å². The van der Waals surface area contributed by atoms with E-state index in [1.807, 2.05) is 24.3 Å². The smallest absolute Gasteiger partial charge is 0.319 e. The van der Waals surface area contributed by atoms with Gasteiger partial charge >= 0.3 is 12.1 Å². The van der Waals surface area contributed by atoms with Crippen LogP contribution in [0.3, 0.4) is 0 Å². The van der Waals surface area contributed by atoms with E-state index < -0.39 is 0 Å². The zero-order valence-electron chi connectivity index (χ0n) is 21.3. The minimum absolute atomic E-state index is 0.111. The van der Waals surface area contributed by atoms with Gasteiger partial charge in [0.05, 0.1) is 0 Å². The van der Waals surface area contributed by atoms with Crippen molar-refractivity contribution < 1.29 is 9.59 Å². The highest BCUT2D eigenvalue weighted by atomic mass is 16.2. The molecule has 1 fully saturated rings. The zero-order chi connectivity index (χ0) is 24.7. The molecule has 1 saturated carbocycles. The van der Waals surface area contributed by atoms with E-state index in [0.29, 0.717) is 24.9 Å². The van der Waals surface area contributed by atoms with Gasteiger partial charge in [0.2, 0.25) is 0 Å². The van der Waals surface area contributed by atoms with Crippen molar-refractivity contribution in [3.63, 3.8) is 0 Å². The number of amides is 4. The second-order valence-electron chi connectivity index (χ2n) is 10.9. The van der Waals surface area contributed by atoms with Crippen molar-refractivity contribution in [3.05, 3.63) is 58.7 Å². The molecule has 0 saturated heterocycles. The number of rotatable bonds is 6. The maximum Gasteiger partial charge on any atom is 0.319 e. The Morgan fingerprint density at radius 1 is 0.639 bits per heavy atom. The normalized spacial score (nSPS) is 21.0. The first kappa shape index (κ1) is 24.7. The summed E-state index contributed by atoms with van der Waals surface area (Å²) in [4.78, 5) is 25.3. The summed E-state index contributed by atoms with van der Waals surface area (Å²) in [5.41, 5.74) is 7.27. The van der Waals surface area contributed by atoms with Crippen molar-refractivity contribution in [3.8, 4) is 0 Å². The zero-order valence-corrected chi connectivity index (χ0v) is 21.3. The van der Waals surface area contributed by atoms with E-state index in [2.05, 4.69) is 33.4 Å². The fourth-order valence-corrected chi connectivity index (χ4v) is 6.38. The van der Waals surface area contributed by atoms with Crippen LogP contribution in [0.4, 0.5) is 21.0 Å². The molecule has 4 amide bonds. The van der Waals surface area contributed by atoms with Gasteiger partial charge in [0, 0.05) is 24.5 Å². The minimum Gasteiger partial charge on any atom is -0.338 e. The number of benzene rings is 2. The summed E-state index contributed by atoms with van der Waals surface area (Å²) in [7, 11) is 0. The van der Waals surface area contributed by atoms with Crippen LogP contribution in [0.25, 0.3) is 0 Å². The highest BCUT2D eigenvalue weighted by Crippen LogP contribution is 2.30. The number of carbonyl (C=O) groups is 2. The lowest BCUT2D eigenvalue weighted by Crippen LogP contribution is -2.38. The van der Waals surface area contributed by atoms with Gasteiger partial charge < -0.3 is 21.3 Å². The van der Waals surface area contributed by atoms with E-state index in [1.54, 1.807) is 0 Å². The molecule has 0 spiro atoms. The molecule has 0 aliphatic heterocycles. The van der Waals surface area contributed by atoms with Crippen LogP contribution in [0.15, 0.2) is 36.4 Å². The number of anilines is 2.